The summed E-state index contributed by atoms with van der Waals surface area (Å²) >= 11 is 0. The zero-order chi connectivity index (χ0) is 26.4. The summed E-state index contributed by atoms with van der Waals surface area (Å²) in [6.45, 7) is 1.91. The van der Waals surface area contributed by atoms with Gasteiger partial charge in [0.15, 0.2) is 23.1 Å². The van der Waals surface area contributed by atoms with Crippen molar-refractivity contribution in [2.75, 3.05) is 61.2 Å². The number of ether oxygens (including phenoxy) is 2. The normalized spacial score (nSPS) is 13.1. The van der Waals surface area contributed by atoms with Gasteiger partial charge in [-0.2, -0.15) is 0 Å². The first-order valence-electron chi connectivity index (χ1n) is 11.4. The molecular formula is C25H26F2N6O4. The van der Waals surface area contributed by atoms with E-state index in [1.807, 2.05) is 12.1 Å². The van der Waals surface area contributed by atoms with E-state index in [2.05, 4.69) is 25.8 Å². The average molecular weight is 513 g/mol. The molecule has 2 heterocycles. The highest BCUT2D eigenvalue weighted by atomic mass is 19.1. The van der Waals surface area contributed by atoms with Crippen molar-refractivity contribution in [2.45, 2.75) is 0 Å². The van der Waals surface area contributed by atoms with E-state index < -0.39 is 23.7 Å². The summed E-state index contributed by atoms with van der Waals surface area (Å²) in [7, 11) is 3.01. The average Bonchev–Trinajstić information content (AvgIpc) is 2.90. The number of carbonyl (C=O) groups excluding carboxylic acids is 2. The number of carbonyl (C=O) groups is 2. The van der Waals surface area contributed by atoms with Gasteiger partial charge in [0.1, 0.15) is 5.82 Å². The second-order valence-electron chi connectivity index (χ2n) is 8.06. The highest BCUT2D eigenvalue weighted by molar-refractivity contribution is 6.01. The third kappa shape index (κ3) is 6.15. The highest BCUT2D eigenvalue weighted by Crippen LogP contribution is 2.34. The molecule has 3 N–H and O–H groups in total. The number of para-hydroxylation sites is 1. The Morgan fingerprint density at radius 2 is 1.65 bits per heavy atom. The molecular weight excluding hydrogens is 486 g/mol. The summed E-state index contributed by atoms with van der Waals surface area (Å²) in [5.74, 6) is -1.14. The number of hydrogen-bond donors (Lipinski definition) is 3. The van der Waals surface area contributed by atoms with E-state index in [9.17, 15) is 18.4 Å². The number of benzene rings is 2. The Balaban J connectivity index is 1.29. The van der Waals surface area contributed by atoms with Crippen LogP contribution in [-0.2, 0) is 0 Å². The molecule has 1 aliphatic rings. The molecule has 0 radical (unpaired) electrons. The summed E-state index contributed by atoms with van der Waals surface area (Å²) in [6, 6.07) is 12.2. The quantitative estimate of drug-likeness (QED) is 0.453. The first-order chi connectivity index (χ1) is 17.9. The fourth-order valence-electron chi connectivity index (χ4n) is 3.88. The van der Waals surface area contributed by atoms with Crippen molar-refractivity contribution in [3.63, 3.8) is 0 Å². The Morgan fingerprint density at radius 1 is 0.919 bits per heavy atom. The van der Waals surface area contributed by atoms with Crippen molar-refractivity contribution in [3.8, 4) is 11.5 Å². The van der Waals surface area contributed by atoms with Gasteiger partial charge in [-0.3, -0.25) is 5.32 Å². The molecule has 1 aliphatic heterocycles. The van der Waals surface area contributed by atoms with E-state index in [-0.39, 0.29) is 5.82 Å². The van der Waals surface area contributed by atoms with Crippen LogP contribution in [0.2, 0.25) is 0 Å². The number of nitrogens with zero attached hydrogens (tertiary/aromatic N) is 3. The maximum atomic E-state index is 13.8. The van der Waals surface area contributed by atoms with Crippen LogP contribution in [0.1, 0.15) is 0 Å². The molecule has 1 aromatic heterocycles. The van der Waals surface area contributed by atoms with Crippen molar-refractivity contribution in [3.05, 3.63) is 66.4 Å². The van der Waals surface area contributed by atoms with Crippen LogP contribution in [0.4, 0.5) is 41.2 Å². The zero-order valence-electron chi connectivity index (χ0n) is 20.3. The van der Waals surface area contributed by atoms with Gasteiger partial charge >= 0.3 is 12.1 Å². The number of nitrogens with one attached hydrogen (secondary N) is 3. The number of aromatic nitrogens is 1. The molecule has 0 saturated carbocycles. The lowest BCUT2D eigenvalue weighted by Gasteiger charge is -2.36. The van der Waals surface area contributed by atoms with Crippen molar-refractivity contribution in [2.24, 2.45) is 0 Å². The predicted molar refractivity (Wildman–Crippen MR) is 136 cm³/mol. The van der Waals surface area contributed by atoms with E-state index in [0.717, 1.165) is 11.9 Å². The van der Waals surface area contributed by atoms with Crippen molar-refractivity contribution < 1.29 is 27.8 Å². The third-order valence-corrected chi connectivity index (χ3v) is 5.74. The molecule has 0 atom stereocenters. The number of pyridine rings is 1. The van der Waals surface area contributed by atoms with Gasteiger partial charge in [-0.25, -0.2) is 23.4 Å². The standard InChI is InChI=1S/C25H26F2N6O4/c1-36-21-5-3-4-20(22(21)37-2)30-24(34)29-17-6-8-18(9-7-17)32-10-12-33(13-11-32)25(35)31-23-19(27)14-16(26)15-28-23/h3-9,14-15H,10-13H2,1-2H3,(H,28,31,35)(H2,29,30,34). The fraction of sp³-hybridized carbons (Fsp3) is 0.240. The Kier molecular flexibility index (Phi) is 7.86. The van der Waals surface area contributed by atoms with Gasteiger partial charge in [-0.05, 0) is 36.4 Å². The Hall–Kier alpha value is -4.61. The van der Waals surface area contributed by atoms with Crippen molar-refractivity contribution in [1.82, 2.24) is 9.88 Å². The molecule has 0 aliphatic carbocycles. The van der Waals surface area contributed by atoms with Crippen LogP contribution >= 0.6 is 0 Å². The molecule has 0 unspecified atom stereocenters. The number of amides is 4. The summed E-state index contributed by atoms with van der Waals surface area (Å²) in [5, 5.41) is 7.90. The molecule has 10 nitrogen and oxygen atoms in total. The van der Waals surface area contributed by atoms with Crippen LogP contribution in [0.3, 0.4) is 0 Å². The first-order valence-corrected chi connectivity index (χ1v) is 11.4. The zero-order valence-corrected chi connectivity index (χ0v) is 20.3. The third-order valence-electron chi connectivity index (χ3n) is 5.74. The number of anilines is 4. The molecule has 194 valence electrons. The number of urea groups is 2. The maximum absolute atomic E-state index is 13.8. The summed E-state index contributed by atoms with van der Waals surface area (Å²) < 4.78 is 37.3. The maximum Gasteiger partial charge on any atom is 0.323 e. The van der Waals surface area contributed by atoms with E-state index >= 15 is 0 Å². The second-order valence-corrected chi connectivity index (χ2v) is 8.06. The summed E-state index contributed by atoms with van der Waals surface area (Å²) in [4.78, 5) is 32.1. The van der Waals surface area contributed by atoms with Crippen LogP contribution < -0.4 is 30.3 Å². The molecule has 0 spiro atoms. The smallest absolute Gasteiger partial charge is 0.323 e. The SMILES string of the molecule is COc1cccc(NC(=O)Nc2ccc(N3CCN(C(=O)Nc4ncc(F)cc4F)CC3)cc2)c1OC. The molecule has 3 aromatic rings. The van der Waals surface area contributed by atoms with E-state index in [0.29, 0.717) is 55.1 Å². The molecule has 0 bridgehead atoms. The van der Waals surface area contributed by atoms with Crippen LogP contribution in [-0.4, -0.2) is 62.3 Å². The largest absolute Gasteiger partial charge is 0.493 e. The van der Waals surface area contributed by atoms with Gasteiger partial charge < -0.3 is 29.9 Å². The molecule has 1 saturated heterocycles. The van der Waals surface area contributed by atoms with Gasteiger partial charge in [-0.15, -0.1) is 0 Å². The number of halogens is 2. The van der Waals surface area contributed by atoms with Crippen LogP contribution in [0, 0.1) is 11.6 Å². The second kappa shape index (κ2) is 11.4. The Morgan fingerprint density at radius 3 is 2.30 bits per heavy atom. The lowest BCUT2D eigenvalue weighted by Crippen LogP contribution is -2.50. The molecule has 2 aromatic carbocycles. The lowest BCUT2D eigenvalue weighted by atomic mass is 10.2. The Labute approximate surface area is 212 Å². The summed E-state index contributed by atoms with van der Waals surface area (Å²) in [5.41, 5.74) is 1.98. The van der Waals surface area contributed by atoms with Gasteiger partial charge in [-0.1, -0.05) is 6.07 Å². The Bertz CT molecular complexity index is 1270. The van der Waals surface area contributed by atoms with Crippen LogP contribution in [0.15, 0.2) is 54.7 Å². The van der Waals surface area contributed by atoms with Crippen LogP contribution in [0.5, 0.6) is 11.5 Å². The topological polar surface area (TPSA) is 108 Å². The molecule has 12 heteroatoms. The van der Waals surface area contributed by atoms with E-state index in [4.69, 9.17) is 9.47 Å². The number of piperazine rings is 1. The minimum absolute atomic E-state index is 0.314. The van der Waals surface area contributed by atoms with E-state index in [1.54, 1.807) is 30.3 Å². The first kappa shape index (κ1) is 25.5. The predicted octanol–water partition coefficient (Wildman–Crippen LogP) is 4.38. The monoisotopic (exact) mass is 512 g/mol. The van der Waals surface area contributed by atoms with Gasteiger partial charge in [0, 0.05) is 43.6 Å². The molecule has 1 fully saturated rings. The minimum atomic E-state index is -0.933. The fourth-order valence-corrected chi connectivity index (χ4v) is 3.88. The number of methoxy groups -OCH3 is 2. The van der Waals surface area contributed by atoms with Crippen molar-refractivity contribution >= 4 is 34.9 Å². The highest BCUT2D eigenvalue weighted by Gasteiger charge is 2.22. The number of rotatable bonds is 6. The summed E-state index contributed by atoms with van der Waals surface area (Å²) in [6.07, 6.45) is 0.842. The van der Waals surface area contributed by atoms with Crippen LogP contribution in [0.25, 0.3) is 0 Å². The molecule has 4 amide bonds. The van der Waals surface area contributed by atoms with Gasteiger partial charge in [0.2, 0.25) is 0 Å². The van der Waals surface area contributed by atoms with E-state index in [1.165, 1.54) is 19.1 Å². The lowest BCUT2D eigenvalue weighted by molar-refractivity contribution is 0.208. The minimum Gasteiger partial charge on any atom is -0.493 e. The van der Waals surface area contributed by atoms with Gasteiger partial charge in [0.05, 0.1) is 26.1 Å². The number of hydrogen-bond acceptors (Lipinski definition) is 6. The molecule has 37 heavy (non-hydrogen) atoms. The van der Waals surface area contributed by atoms with Gasteiger partial charge in [0.25, 0.3) is 0 Å². The molecule has 4 rings (SSSR count). The van der Waals surface area contributed by atoms with Crippen molar-refractivity contribution in [1.29, 1.82) is 0 Å².